The SMILES string of the molecule is CCOC(=O)C(CC)OCc1ccccc1. The number of carbonyl (C=O) groups excluding carboxylic acids is 1. The summed E-state index contributed by atoms with van der Waals surface area (Å²) in [5, 5.41) is 0. The van der Waals surface area contributed by atoms with Gasteiger partial charge in [-0.15, -0.1) is 0 Å². The molecule has 0 saturated heterocycles. The van der Waals surface area contributed by atoms with Gasteiger partial charge in [0.1, 0.15) is 0 Å². The summed E-state index contributed by atoms with van der Waals surface area (Å²) in [7, 11) is 0. The van der Waals surface area contributed by atoms with Crippen LogP contribution in [0.5, 0.6) is 0 Å². The van der Waals surface area contributed by atoms with Crippen LogP contribution in [0.15, 0.2) is 30.3 Å². The third-order valence-corrected chi connectivity index (χ3v) is 2.21. The summed E-state index contributed by atoms with van der Waals surface area (Å²) in [5.41, 5.74) is 1.06. The number of hydrogen-bond acceptors (Lipinski definition) is 3. The molecule has 0 amide bonds. The Morgan fingerprint density at radius 3 is 2.50 bits per heavy atom. The first-order chi connectivity index (χ1) is 7.77. The van der Waals surface area contributed by atoms with Gasteiger partial charge < -0.3 is 9.47 Å². The maximum absolute atomic E-state index is 11.4. The first-order valence-corrected chi connectivity index (χ1v) is 5.60. The second kappa shape index (κ2) is 7.01. The molecule has 0 bridgehead atoms. The molecule has 1 unspecified atom stereocenters. The van der Waals surface area contributed by atoms with Gasteiger partial charge in [-0.3, -0.25) is 0 Å². The number of benzene rings is 1. The van der Waals surface area contributed by atoms with E-state index in [9.17, 15) is 4.79 Å². The predicted octanol–water partition coefficient (Wildman–Crippen LogP) is 2.54. The Kier molecular flexibility index (Phi) is 5.57. The topological polar surface area (TPSA) is 35.5 Å². The van der Waals surface area contributed by atoms with Gasteiger partial charge in [-0.25, -0.2) is 4.79 Å². The van der Waals surface area contributed by atoms with Gasteiger partial charge in [-0.2, -0.15) is 0 Å². The van der Waals surface area contributed by atoms with Crippen molar-refractivity contribution >= 4 is 5.97 Å². The van der Waals surface area contributed by atoms with Crippen molar-refractivity contribution < 1.29 is 14.3 Å². The molecule has 0 aliphatic heterocycles. The summed E-state index contributed by atoms with van der Waals surface area (Å²) in [6.45, 7) is 4.54. The summed E-state index contributed by atoms with van der Waals surface area (Å²) in [4.78, 5) is 11.4. The zero-order valence-corrected chi connectivity index (χ0v) is 9.81. The molecule has 1 rings (SSSR count). The molecular weight excluding hydrogens is 204 g/mol. The van der Waals surface area contributed by atoms with Crippen LogP contribution in [0.4, 0.5) is 0 Å². The smallest absolute Gasteiger partial charge is 0.335 e. The van der Waals surface area contributed by atoms with Gasteiger partial charge in [-0.05, 0) is 18.9 Å². The van der Waals surface area contributed by atoms with Crippen LogP contribution in [0, 0.1) is 0 Å². The van der Waals surface area contributed by atoms with Crippen LogP contribution < -0.4 is 0 Å². The zero-order chi connectivity index (χ0) is 11.8. The fraction of sp³-hybridized carbons (Fsp3) is 0.462. The van der Waals surface area contributed by atoms with Crippen molar-refractivity contribution in [3.8, 4) is 0 Å². The Bertz CT molecular complexity index is 308. The summed E-state index contributed by atoms with van der Waals surface area (Å²) in [5.74, 6) is -0.277. The van der Waals surface area contributed by atoms with Crippen LogP contribution in [0.25, 0.3) is 0 Å². The summed E-state index contributed by atoms with van der Waals surface area (Å²) in [6.07, 6.45) is 0.172. The minimum Gasteiger partial charge on any atom is -0.464 e. The van der Waals surface area contributed by atoms with E-state index in [0.717, 1.165) is 5.56 Å². The number of hydrogen-bond donors (Lipinski definition) is 0. The zero-order valence-electron chi connectivity index (χ0n) is 9.81. The maximum Gasteiger partial charge on any atom is 0.335 e. The molecule has 0 aliphatic rings. The molecule has 0 N–H and O–H groups in total. The lowest BCUT2D eigenvalue weighted by Crippen LogP contribution is -2.25. The van der Waals surface area contributed by atoms with E-state index in [1.165, 1.54) is 0 Å². The molecule has 0 radical (unpaired) electrons. The van der Waals surface area contributed by atoms with E-state index in [4.69, 9.17) is 9.47 Å². The fourth-order valence-electron chi connectivity index (χ4n) is 1.36. The van der Waals surface area contributed by atoms with Gasteiger partial charge in [0.05, 0.1) is 13.2 Å². The molecule has 88 valence electrons. The van der Waals surface area contributed by atoms with Crippen LogP contribution in [0.1, 0.15) is 25.8 Å². The van der Waals surface area contributed by atoms with Crippen molar-refractivity contribution in [3.05, 3.63) is 35.9 Å². The van der Waals surface area contributed by atoms with Gasteiger partial charge in [0.25, 0.3) is 0 Å². The predicted molar refractivity (Wildman–Crippen MR) is 61.9 cm³/mol. The van der Waals surface area contributed by atoms with Crippen molar-refractivity contribution in [1.29, 1.82) is 0 Å². The third kappa shape index (κ3) is 4.03. The molecule has 3 nitrogen and oxygen atoms in total. The van der Waals surface area contributed by atoms with Crippen molar-refractivity contribution in [2.45, 2.75) is 33.0 Å². The second-order valence-electron chi connectivity index (χ2n) is 3.45. The third-order valence-electron chi connectivity index (χ3n) is 2.21. The van der Waals surface area contributed by atoms with Gasteiger partial charge in [0.15, 0.2) is 6.10 Å². The van der Waals surface area contributed by atoms with E-state index in [1.807, 2.05) is 37.3 Å². The van der Waals surface area contributed by atoms with E-state index >= 15 is 0 Å². The molecular formula is C13H18O3. The molecule has 1 aromatic rings. The highest BCUT2D eigenvalue weighted by molar-refractivity contribution is 5.74. The molecule has 16 heavy (non-hydrogen) atoms. The first kappa shape index (κ1) is 12.7. The lowest BCUT2D eigenvalue weighted by atomic mass is 10.2. The molecule has 1 atom stereocenters. The van der Waals surface area contributed by atoms with Crippen LogP contribution in [0.2, 0.25) is 0 Å². The second-order valence-corrected chi connectivity index (χ2v) is 3.45. The summed E-state index contributed by atoms with van der Waals surface area (Å²) in [6, 6.07) is 9.79. The van der Waals surface area contributed by atoms with E-state index < -0.39 is 6.10 Å². The lowest BCUT2D eigenvalue weighted by molar-refractivity contribution is -0.157. The Morgan fingerprint density at radius 1 is 1.25 bits per heavy atom. The lowest BCUT2D eigenvalue weighted by Gasteiger charge is -2.14. The van der Waals surface area contributed by atoms with E-state index in [2.05, 4.69) is 0 Å². The van der Waals surface area contributed by atoms with Crippen LogP contribution in [-0.4, -0.2) is 18.7 Å². The van der Waals surface area contributed by atoms with Gasteiger partial charge in [0.2, 0.25) is 0 Å². The van der Waals surface area contributed by atoms with E-state index in [1.54, 1.807) is 6.92 Å². The molecule has 0 saturated carbocycles. The average molecular weight is 222 g/mol. The molecule has 0 aromatic heterocycles. The molecule has 0 spiro atoms. The highest BCUT2D eigenvalue weighted by atomic mass is 16.6. The Labute approximate surface area is 96.4 Å². The highest BCUT2D eigenvalue weighted by Gasteiger charge is 2.17. The monoisotopic (exact) mass is 222 g/mol. The van der Waals surface area contributed by atoms with Crippen molar-refractivity contribution in [2.24, 2.45) is 0 Å². The quantitative estimate of drug-likeness (QED) is 0.694. The summed E-state index contributed by atoms with van der Waals surface area (Å²) < 4.78 is 10.4. The van der Waals surface area contributed by atoms with E-state index in [-0.39, 0.29) is 5.97 Å². The number of carbonyl (C=O) groups is 1. The standard InChI is InChI=1S/C13H18O3/c1-3-12(13(14)15-4-2)16-10-11-8-6-5-7-9-11/h5-9,12H,3-4,10H2,1-2H3. The van der Waals surface area contributed by atoms with Gasteiger partial charge >= 0.3 is 5.97 Å². The minimum atomic E-state index is -0.458. The fourth-order valence-corrected chi connectivity index (χ4v) is 1.36. The normalized spacial score (nSPS) is 12.1. The van der Waals surface area contributed by atoms with Gasteiger partial charge in [0, 0.05) is 0 Å². The van der Waals surface area contributed by atoms with E-state index in [0.29, 0.717) is 19.6 Å². The van der Waals surface area contributed by atoms with Crippen LogP contribution in [-0.2, 0) is 20.9 Å². The van der Waals surface area contributed by atoms with Crippen LogP contribution in [0.3, 0.4) is 0 Å². The molecule has 3 heteroatoms. The number of ether oxygens (including phenoxy) is 2. The average Bonchev–Trinajstić information content (AvgIpc) is 2.31. The summed E-state index contributed by atoms with van der Waals surface area (Å²) >= 11 is 0. The minimum absolute atomic E-state index is 0.277. The maximum atomic E-state index is 11.4. The number of esters is 1. The molecule has 0 aliphatic carbocycles. The number of rotatable bonds is 6. The first-order valence-electron chi connectivity index (χ1n) is 5.60. The molecule has 1 aromatic carbocycles. The molecule has 0 heterocycles. The molecule has 0 fully saturated rings. The highest BCUT2D eigenvalue weighted by Crippen LogP contribution is 2.07. The van der Waals surface area contributed by atoms with Crippen molar-refractivity contribution in [3.63, 3.8) is 0 Å². The Morgan fingerprint density at radius 2 is 1.94 bits per heavy atom. The van der Waals surface area contributed by atoms with Crippen LogP contribution >= 0.6 is 0 Å². The van der Waals surface area contributed by atoms with Crippen molar-refractivity contribution in [2.75, 3.05) is 6.61 Å². The Balaban J connectivity index is 2.43. The van der Waals surface area contributed by atoms with Crippen molar-refractivity contribution in [1.82, 2.24) is 0 Å². The Hall–Kier alpha value is -1.35. The van der Waals surface area contributed by atoms with Gasteiger partial charge in [-0.1, -0.05) is 37.3 Å². The largest absolute Gasteiger partial charge is 0.464 e.